The van der Waals surface area contributed by atoms with E-state index in [2.05, 4.69) is 81.9 Å². The number of hydrogen-bond acceptors (Lipinski definition) is 15. The first-order valence-electron chi connectivity index (χ1n) is 16.3. The molecule has 6 rings (SSSR count). The number of carbonyl (C=O) groups excluding carboxylic acids is 1. The van der Waals surface area contributed by atoms with Gasteiger partial charge in [0.25, 0.3) is 6.47 Å². The molecule has 4 heterocycles. The second kappa shape index (κ2) is 29.6. The van der Waals surface area contributed by atoms with Crippen molar-refractivity contribution in [1.82, 2.24) is 39.9 Å². The van der Waals surface area contributed by atoms with E-state index in [1.165, 1.54) is 12.4 Å². The maximum absolute atomic E-state index is 13.0. The SMILES string of the molecule is CP(C)(=O)c1cc(-c2ncc(F)cn2)ccc1N.CP(C)(=O)c1cc(-c2ncc(F)cn2)ccc1Nc1nc(Cl)ncc1Br.Clc1ncc(Br)c(Cl)n1.O=CO[O-].[2H]CF.[H-].[K+].[K+]. The van der Waals surface area contributed by atoms with Crippen molar-refractivity contribution in [3.05, 3.63) is 110 Å². The Kier molecular flexibility index (Phi) is 28.3. The van der Waals surface area contributed by atoms with Gasteiger partial charge < -0.3 is 31.8 Å². The summed E-state index contributed by atoms with van der Waals surface area (Å²) in [5, 5.41) is 13.3. The van der Waals surface area contributed by atoms with Crippen LogP contribution >= 0.6 is 80.9 Å². The summed E-state index contributed by atoms with van der Waals surface area (Å²) in [6.45, 7) is 6.43. The van der Waals surface area contributed by atoms with Crippen molar-refractivity contribution in [1.29, 1.82) is 0 Å². The molecule has 0 radical (unpaired) electrons. The molecule has 316 valence electrons. The summed E-state index contributed by atoms with van der Waals surface area (Å²) >= 11 is 23.2. The van der Waals surface area contributed by atoms with Crippen LogP contribution in [0.3, 0.4) is 0 Å². The van der Waals surface area contributed by atoms with E-state index in [0.717, 1.165) is 24.8 Å². The van der Waals surface area contributed by atoms with Gasteiger partial charge in [-0.1, -0.05) is 11.6 Å². The van der Waals surface area contributed by atoms with Crippen LogP contribution in [0.2, 0.25) is 15.7 Å². The fraction of sp³-hybridized carbons (Fsp3) is 0.147. The van der Waals surface area contributed by atoms with Gasteiger partial charge in [0.05, 0.1) is 47.9 Å². The van der Waals surface area contributed by atoms with E-state index in [9.17, 15) is 22.3 Å². The third-order valence-electron chi connectivity index (χ3n) is 6.62. The summed E-state index contributed by atoms with van der Waals surface area (Å²) in [6.07, 6.45) is 7.39. The van der Waals surface area contributed by atoms with Crippen LogP contribution in [-0.2, 0) is 18.8 Å². The zero-order chi connectivity index (χ0) is 45.2. The van der Waals surface area contributed by atoms with Crippen LogP contribution in [0.15, 0.2) is 82.5 Å². The van der Waals surface area contributed by atoms with Crippen LogP contribution < -0.4 is 130 Å². The summed E-state index contributed by atoms with van der Waals surface area (Å²) in [7, 11) is -6.13. The Morgan fingerprint density at radius 2 is 1.18 bits per heavy atom. The number of anilines is 3. The molecule has 61 heavy (non-hydrogen) atoms. The normalized spacial score (nSPS) is 10.3. The molecule has 0 unspecified atom stereocenters. The van der Waals surface area contributed by atoms with E-state index in [1.807, 2.05) is 0 Å². The number of hydrogen-bond donors (Lipinski definition) is 2. The summed E-state index contributed by atoms with van der Waals surface area (Å²) in [5.74, 6) is 0.163. The summed E-state index contributed by atoms with van der Waals surface area (Å²) in [6, 6.07) is 10.3. The Hall–Kier alpha value is -0.857. The molecule has 27 heteroatoms. The Morgan fingerprint density at radius 1 is 0.770 bits per heavy atom. The predicted molar refractivity (Wildman–Crippen MR) is 231 cm³/mol. The van der Waals surface area contributed by atoms with Gasteiger partial charge in [0.15, 0.2) is 23.3 Å². The fourth-order valence-electron chi connectivity index (χ4n) is 4.18. The van der Waals surface area contributed by atoms with E-state index < -0.39 is 33.1 Å². The number of nitrogen functional groups attached to an aromatic ring is 1. The van der Waals surface area contributed by atoms with Crippen LogP contribution in [0.25, 0.3) is 22.8 Å². The number of aromatic nitrogens is 8. The van der Waals surface area contributed by atoms with E-state index >= 15 is 0 Å². The standard InChI is InChI=1S/C16H13BrClFN5OP.C12H13FN3OP.C4HBrCl2N2.CH3F.CH2O3.2K.H/c1-26(2,25)13-5-9(14-20-6-10(19)7-21-14)3-4-12(13)23-15-11(17)8-22-16(18)24-15;1-18(2,17)11-5-8(3-4-10(11)14)12-15-6-9(13)7-16-12;5-2-1-8-4(7)9-3(2)6;1-2;2-1-4-3;;;/h3-8H,1-2H3,(H,22,23,24);3-7H,14H2,1-2H3;1H;1H3;1,3H;;;/q;;;;;2*+1;-1/p-1/i;;;1D;;;;. The van der Waals surface area contributed by atoms with Crippen LogP contribution in [0.4, 0.5) is 30.4 Å². The predicted octanol–water partition coefficient (Wildman–Crippen LogP) is 2.28. The Bertz CT molecular complexity index is 2470. The van der Waals surface area contributed by atoms with Gasteiger partial charge in [-0.05, 0) is 118 Å². The minimum absolute atomic E-state index is 0. The molecule has 0 aliphatic heterocycles. The number of nitrogens with two attached hydrogens (primary N) is 1. The van der Waals surface area contributed by atoms with Crippen LogP contribution in [0.1, 0.15) is 2.80 Å². The summed E-state index contributed by atoms with van der Waals surface area (Å²) in [5.41, 5.74) is 8.20. The molecular weight excluding hydrogens is 1090 g/mol. The van der Waals surface area contributed by atoms with Crippen molar-refractivity contribution in [2.24, 2.45) is 0 Å². The van der Waals surface area contributed by atoms with E-state index in [1.54, 1.807) is 63.1 Å². The quantitative estimate of drug-likeness (QED) is 0.0342. The van der Waals surface area contributed by atoms with Crippen molar-refractivity contribution in [2.45, 2.75) is 0 Å². The number of nitrogens with zero attached hydrogens (tertiary/aromatic N) is 8. The molecule has 0 saturated carbocycles. The first kappa shape index (κ1) is 58.2. The van der Waals surface area contributed by atoms with Crippen molar-refractivity contribution in [3.63, 3.8) is 0 Å². The largest absolute Gasteiger partial charge is 1.00 e. The zero-order valence-corrected chi connectivity index (χ0v) is 46.3. The van der Waals surface area contributed by atoms with Crippen molar-refractivity contribution < 1.29 is 143 Å². The van der Waals surface area contributed by atoms with Gasteiger partial charge >= 0.3 is 103 Å². The molecule has 0 fully saturated rings. The van der Waals surface area contributed by atoms with Crippen molar-refractivity contribution in [2.75, 3.05) is 44.9 Å². The molecule has 2 aromatic carbocycles. The third-order valence-corrected chi connectivity index (χ3v) is 11.7. The van der Waals surface area contributed by atoms with Gasteiger partial charge in [0.2, 0.25) is 10.6 Å². The molecule has 0 amide bonds. The maximum Gasteiger partial charge on any atom is 1.00 e. The first-order chi connectivity index (χ1) is 28.1. The molecule has 0 spiro atoms. The number of benzene rings is 2. The van der Waals surface area contributed by atoms with Crippen molar-refractivity contribution in [3.8, 4) is 22.8 Å². The summed E-state index contributed by atoms with van der Waals surface area (Å²) in [4.78, 5) is 42.3. The van der Waals surface area contributed by atoms with E-state index in [4.69, 9.17) is 52.0 Å². The van der Waals surface area contributed by atoms with Gasteiger partial charge in [-0.2, -0.15) is 4.98 Å². The number of alkyl halides is 1. The third kappa shape index (κ3) is 20.9. The van der Waals surface area contributed by atoms with Crippen LogP contribution in [-0.4, -0.2) is 80.2 Å². The Labute approximate surface area is 468 Å². The van der Waals surface area contributed by atoms with Gasteiger partial charge in [-0.15, -0.1) is 0 Å². The smallest absolute Gasteiger partial charge is 1.00 e. The Morgan fingerprint density at radius 3 is 1.59 bits per heavy atom. The monoisotopic (exact) mass is 1120 g/mol. The van der Waals surface area contributed by atoms with Gasteiger partial charge in [-0.25, -0.2) is 43.7 Å². The molecular formula is C34H32Br2Cl3F3K2N10O5P2. The number of halogens is 8. The molecule has 6 aromatic rings. The average molecular weight is 1130 g/mol. The maximum atomic E-state index is 13.0. The number of rotatable bonds is 7. The first-order valence-corrected chi connectivity index (χ1v) is 23.5. The molecule has 0 aliphatic rings. The number of carbonyl (C=O) groups is 1. The van der Waals surface area contributed by atoms with Crippen molar-refractivity contribution >= 4 is 115 Å². The Balaban J connectivity index is 0. The molecule has 3 N–H and O–H groups in total. The fourth-order valence-corrected chi connectivity index (χ4v) is 7.41. The molecule has 4 aromatic heterocycles. The summed E-state index contributed by atoms with van der Waals surface area (Å²) < 4.78 is 67.4. The van der Waals surface area contributed by atoms with Gasteiger partial charge in [0, 0.05) is 39.8 Å². The second-order valence-electron chi connectivity index (χ2n) is 11.6. The molecule has 0 atom stereocenters. The molecule has 15 nitrogen and oxygen atoms in total. The van der Waals surface area contributed by atoms with E-state index in [-0.39, 0.29) is 121 Å². The second-order valence-corrected chi connectivity index (χ2v) is 20.7. The zero-order valence-electron chi connectivity index (χ0n) is 34.8. The van der Waals surface area contributed by atoms with Crippen LogP contribution in [0, 0.1) is 11.6 Å². The van der Waals surface area contributed by atoms with E-state index in [0.29, 0.717) is 64.7 Å². The minimum Gasteiger partial charge on any atom is -1.00 e. The number of nitrogens with one attached hydrogen (secondary N) is 1. The molecule has 0 saturated heterocycles. The van der Waals surface area contributed by atoms with Gasteiger partial charge in [0.1, 0.15) is 25.3 Å². The average Bonchev–Trinajstić information content (AvgIpc) is 3.19. The molecule has 0 aliphatic carbocycles. The molecule has 0 bridgehead atoms. The topological polar surface area (TPSA) is 225 Å². The minimum atomic E-state index is -2.66. The van der Waals surface area contributed by atoms with Gasteiger partial charge in [-0.3, -0.25) is 9.18 Å². The van der Waals surface area contributed by atoms with Crippen LogP contribution in [0.5, 0.6) is 0 Å².